The van der Waals surface area contributed by atoms with E-state index in [2.05, 4.69) is 9.97 Å². The number of pyridine rings is 1. The number of aromatic nitrogens is 2. The first kappa shape index (κ1) is 13.8. The highest BCUT2D eigenvalue weighted by Gasteiger charge is 2.07. The zero-order chi connectivity index (χ0) is 14.8. The molecular formula is C16H17N3OS. The molecule has 4 nitrogen and oxygen atoms in total. The molecule has 0 bridgehead atoms. The average molecular weight is 299 g/mol. The van der Waals surface area contributed by atoms with Crippen molar-refractivity contribution in [3.63, 3.8) is 0 Å². The topological polar surface area (TPSA) is 61.0 Å². The lowest BCUT2D eigenvalue weighted by Gasteiger charge is -2.10. The monoisotopic (exact) mass is 299 g/mol. The molecular weight excluding hydrogens is 282 g/mol. The third-order valence-electron chi connectivity index (χ3n) is 3.35. The maximum absolute atomic E-state index is 5.97. The number of hydrogen-bond acceptors (Lipinski definition) is 5. The maximum Gasteiger partial charge on any atom is 0.130 e. The molecule has 2 heterocycles. The number of anilines is 1. The van der Waals surface area contributed by atoms with Crippen molar-refractivity contribution in [3.05, 3.63) is 46.0 Å². The van der Waals surface area contributed by atoms with Gasteiger partial charge in [0.05, 0.1) is 23.3 Å². The van der Waals surface area contributed by atoms with Gasteiger partial charge in [-0.3, -0.25) is 4.98 Å². The van der Waals surface area contributed by atoms with Crippen LogP contribution in [0.25, 0.3) is 10.9 Å². The van der Waals surface area contributed by atoms with Gasteiger partial charge >= 0.3 is 0 Å². The fourth-order valence-electron chi connectivity index (χ4n) is 2.28. The van der Waals surface area contributed by atoms with E-state index < -0.39 is 0 Å². The van der Waals surface area contributed by atoms with Crippen LogP contribution >= 0.6 is 11.3 Å². The molecule has 0 saturated heterocycles. The number of aryl methyl sites for hydroxylation is 2. The number of benzene rings is 1. The van der Waals surface area contributed by atoms with Crippen molar-refractivity contribution in [1.29, 1.82) is 0 Å². The predicted octanol–water partition coefficient (Wildman–Crippen LogP) is 3.51. The van der Waals surface area contributed by atoms with Gasteiger partial charge in [-0.1, -0.05) is 0 Å². The lowest BCUT2D eigenvalue weighted by Crippen LogP contribution is -2.02. The number of fused-ring (bicyclic) bond motifs is 1. The SMILES string of the molecule is Cc1cc(OCCc2scnc2C)c2cc(N)ccc2n1. The zero-order valence-corrected chi connectivity index (χ0v) is 12.9. The van der Waals surface area contributed by atoms with Gasteiger partial charge < -0.3 is 10.5 Å². The second-order valence-corrected chi connectivity index (χ2v) is 5.94. The van der Waals surface area contributed by atoms with E-state index >= 15 is 0 Å². The average Bonchev–Trinajstić information content (AvgIpc) is 2.85. The Labute approximate surface area is 127 Å². The molecule has 3 rings (SSSR count). The Morgan fingerprint density at radius 3 is 2.86 bits per heavy atom. The largest absolute Gasteiger partial charge is 0.492 e. The van der Waals surface area contributed by atoms with Crippen LogP contribution in [0.15, 0.2) is 29.8 Å². The predicted molar refractivity (Wildman–Crippen MR) is 86.9 cm³/mol. The molecule has 5 heteroatoms. The van der Waals surface area contributed by atoms with E-state index in [1.165, 1.54) is 4.88 Å². The van der Waals surface area contributed by atoms with Crippen molar-refractivity contribution >= 4 is 27.9 Å². The van der Waals surface area contributed by atoms with E-state index in [-0.39, 0.29) is 0 Å². The van der Waals surface area contributed by atoms with E-state index in [4.69, 9.17) is 10.5 Å². The van der Waals surface area contributed by atoms with Crippen LogP contribution in [0.5, 0.6) is 5.75 Å². The van der Waals surface area contributed by atoms with Crippen molar-refractivity contribution < 1.29 is 4.74 Å². The van der Waals surface area contributed by atoms with E-state index in [1.54, 1.807) is 11.3 Å². The second-order valence-electron chi connectivity index (χ2n) is 5.00. The molecule has 21 heavy (non-hydrogen) atoms. The van der Waals surface area contributed by atoms with Crippen LogP contribution in [0.2, 0.25) is 0 Å². The first-order valence-electron chi connectivity index (χ1n) is 6.82. The van der Waals surface area contributed by atoms with E-state index in [0.29, 0.717) is 6.61 Å². The van der Waals surface area contributed by atoms with Crippen LogP contribution in [0.3, 0.4) is 0 Å². The summed E-state index contributed by atoms with van der Waals surface area (Å²) in [4.78, 5) is 10.0. The second kappa shape index (κ2) is 5.69. The van der Waals surface area contributed by atoms with Crippen LogP contribution < -0.4 is 10.5 Å². The summed E-state index contributed by atoms with van der Waals surface area (Å²) in [6.45, 7) is 4.62. The third kappa shape index (κ3) is 2.97. The quantitative estimate of drug-likeness (QED) is 0.749. The Bertz CT molecular complexity index is 782. The Hall–Kier alpha value is -2.14. The van der Waals surface area contributed by atoms with Crippen LogP contribution in [-0.2, 0) is 6.42 Å². The number of ether oxygens (including phenoxy) is 1. The number of nitrogens with zero attached hydrogens (tertiary/aromatic N) is 2. The first-order valence-corrected chi connectivity index (χ1v) is 7.70. The summed E-state index contributed by atoms with van der Waals surface area (Å²) < 4.78 is 5.97. The van der Waals surface area contributed by atoms with Gasteiger partial charge in [0.25, 0.3) is 0 Å². The van der Waals surface area contributed by atoms with Crippen molar-refractivity contribution in [1.82, 2.24) is 9.97 Å². The minimum Gasteiger partial charge on any atom is -0.492 e. The van der Waals surface area contributed by atoms with Crippen molar-refractivity contribution in [3.8, 4) is 5.75 Å². The third-order valence-corrected chi connectivity index (χ3v) is 4.35. The molecule has 0 unspecified atom stereocenters. The standard InChI is InChI=1S/C16H17N3OS/c1-10-7-15(13-8-12(17)3-4-14(13)19-10)20-6-5-16-11(2)18-9-21-16/h3-4,7-9H,5-6,17H2,1-2H3. The molecule has 0 aliphatic heterocycles. The summed E-state index contributed by atoms with van der Waals surface area (Å²) in [6.07, 6.45) is 0.863. The number of rotatable bonds is 4. The minimum atomic E-state index is 0.621. The summed E-state index contributed by atoms with van der Waals surface area (Å²) in [7, 11) is 0. The first-order chi connectivity index (χ1) is 10.1. The van der Waals surface area contributed by atoms with Crippen molar-refractivity contribution in [2.45, 2.75) is 20.3 Å². The van der Waals surface area contributed by atoms with Crippen molar-refractivity contribution in [2.24, 2.45) is 0 Å². The van der Waals surface area contributed by atoms with Gasteiger partial charge in [0.1, 0.15) is 5.75 Å². The van der Waals surface area contributed by atoms with Crippen LogP contribution in [0.4, 0.5) is 5.69 Å². The summed E-state index contributed by atoms with van der Waals surface area (Å²) in [5, 5.41) is 0.960. The summed E-state index contributed by atoms with van der Waals surface area (Å²) in [6, 6.07) is 7.66. The van der Waals surface area contributed by atoms with E-state index in [0.717, 1.165) is 40.1 Å². The summed E-state index contributed by atoms with van der Waals surface area (Å²) in [5.41, 5.74) is 11.4. The molecule has 0 radical (unpaired) electrons. The minimum absolute atomic E-state index is 0.621. The van der Waals surface area contributed by atoms with Gasteiger partial charge in [-0.05, 0) is 32.0 Å². The molecule has 0 amide bonds. The highest BCUT2D eigenvalue weighted by atomic mass is 32.1. The molecule has 0 atom stereocenters. The number of nitrogen functional groups attached to an aromatic ring is 1. The highest BCUT2D eigenvalue weighted by Crippen LogP contribution is 2.27. The Morgan fingerprint density at radius 1 is 1.24 bits per heavy atom. The highest BCUT2D eigenvalue weighted by molar-refractivity contribution is 7.09. The Morgan fingerprint density at radius 2 is 2.10 bits per heavy atom. The fourth-order valence-corrected chi connectivity index (χ4v) is 3.04. The van der Waals surface area contributed by atoms with Gasteiger partial charge in [0.15, 0.2) is 0 Å². The molecule has 2 aromatic heterocycles. The normalized spacial score (nSPS) is 11.0. The smallest absolute Gasteiger partial charge is 0.130 e. The van der Waals surface area contributed by atoms with Crippen LogP contribution in [0.1, 0.15) is 16.3 Å². The molecule has 0 spiro atoms. The number of nitrogens with two attached hydrogens (primary N) is 1. The number of hydrogen-bond donors (Lipinski definition) is 1. The van der Waals surface area contributed by atoms with E-state index in [9.17, 15) is 0 Å². The zero-order valence-electron chi connectivity index (χ0n) is 12.1. The van der Waals surface area contributed by atoms with Gasteiger partial charge in [0.2, 0.25) is 0 Å². The number of thiazole rings is 1. The van der Waals surface area contributed by atoms with Crippen molar-refractivity contribution in [2.75, 3.05) is 12.3 Å². The van der Waals surface area contributed by atoms with Gasteiger partial charge in [0, 0.05) is 34.1 Å². The summed E-state index contributed by atoms with van der Waals surface area (Å²) >= 11 is 1.67. The molecule has 108 valence electrons. The van der Waals surface area contributed by atoms with Gasteiger partial charge in [-0.2, -0.15) is 0 Å². The maximum atomic E-state index is 5.97. The Balaban J connectivity index is 1.83. The lowest BCUT2D eigenvalue weighted by molar-refractivity contribution is 0.326. The molecule has 3 aromatic rings. The lowest BCUT2D eigenvalue weighted by atomic mass is 10.1. The van der Waals surface area contributed by atoms with Crippen LogP contribution in [0, 0.1) is 13.8 Å². The molecule has 2 N–H and O–H groups in total. The molecule has 0 aliphatic carbocycles. The van der Waals surface area contributed by atoms with Gasteiger partial charge in [-0.15, -0.1) is 11.3 Å². The van der Waals surface area contributed by atoms with Gasteiger partial charge in [-0.25, -0.2) is 4.98 Å². The van der Waals surface area contributed by atoms with Crippen LogP contribution in [-0.4, -0.2) is 16.6 Å². The summed E-state index contributed by atoms with van der Waals surface area (Å²) in [5.74, 6) is 0.840. The molecule has 0 saturated carbocycles. The Kier molecular flexibility index (Phi) is 3.75. The molecule has 1 aromatic carbocycles. The molecule has 0 aliphatic rings. The molecule has 0 fully saturated rings. The van der Waals surface area contributed by atoms with E-state index in [1.807, 2.05) is 43.6 Å². The fraction of sp³-hybridized carbons (Fsp3) is 0.250.